The van der Waals surface area contributed by atoms with Crippen LogP contribution in [0.25, 0.3) is 10.8 Å². The highest BCUT2D eigenvalue weighted by molar-refractivity contribution is 6.06. The van der Waals surface area contributed by atoms with E-state index in [2.05, 4.69) is 21.0 Å². The normalized spacial score (nSPS) is 10.8. The van der Waals surface area contributed by atoms with Crippen LogP contribution >= 0.6 is 0 Å². The molecule has 0 atom stereocenters. The number of hydrazine groups is 1. The zero-order chi connectivity index (χ0) is 23.4. The highest BCUT2D eigenvalue weighted by Gasteiger charge is 2.20. The number of nitrogens with one attached hydrogen (secondary N) is 2. The third-order valence-corrected chi connectivity index (χ3v) is 5.38. The van der Waals surface area contributed by atoms with E-state index in [1.54, 1.807) is 35.9 Å². The molecule has 2 aromatic carbocycles. The molecule has 0 saturated carbocycles. The summed E-state index contributed by atoms with van der Waals surface area (Å²) in [4.78, 5) is 38.1. The first kappa shape index (κ1) is 21.9. The molecule has 0 saturated heterocycles. The lowest BCUT2D eigenvalue weighted by Crippen LogP contribution is -2.43. The molecule has 0 bridgehead atoms. The van der Waals surface area contributed by atoms with E-state index < -0.39 is 11.8 Å². The SMILES string of the molecule is CCc1c(C(=O)NNC(=O)c2nn(CC)c(=O)c3ccccc23)cnn1Cc1ccccc1. The molecule has 33 heavy (non-hydrogen) atoms. The van der Waals surface area contributed by atoms with E-state index in [0.29, 0.717) is 35.8 Å². The molecule has 2 heterocycles. The molecule has 0 radical (unpaired) electrons. The van der Waals surface area contributed by atoms with Gasteiger partial charge < -0.3 is 0 Å². The molecule has 0 aliphatic carbocycles. The van der Waals surface area contributed by atoms with Crippen molar-refractivity contribution in [2.24, 2.45) is 0 Å². The second kappa shape index (κ2) is 9.47. The topological polar surface area (TPSA) is 111 Å². The van der Waals surface area contributed by atoms with Crippen LogP contribution in [0, 0.1) is 0 Å². The van der Waals surface area contributed by atoms with Crippen LogP contribution in [-0.2, 0) is 19.5 Å². The minimum Gasteiger partial charge on any atom is -0.267 e. The minimum atomic E-state index is -0.614. The number of nitrogens with zero attached hydrogens (tertiary/aromatic N) is 4. The second-order valence-corrected chi connectivity index (χ2v) is 7.43. The largest absolute Gasteiger partial charge is 0.290 e. The van der Waals surface area contributed by atoms with E-state index in [1.807, 2.05) is 37.3 Å². The summed E-state index contributed by atoms with van der Waals surface area (Å²) in [6.07, 6.45) is 2.09. The van der Waals surface area contributed by atoms with Crippen molar-refractivity contribution in [3.63, 3.8) is 0 Å². The van der Waals surface area contributed by atoms with Gasteiger partial charge in [-0.3, -0.25) is 29.9 Å². The second-order valence-electron chi connectivity index (χ2n) is 7.43. The van der Waals surface area contributed by atoms with Crippen LogP contribution in [-0.4, -0.2) is 31.4 Å². The van der Waals surface area contributed by atoms with E-state index in [0.717, 1.165) is 11.3 Å². The van der Waals surface area contributed by atoms with Gasteiger partial charge in [-0.25, -0.2) is 4.68 Å². The first-order chi connectivity index (χ1) is 16.0. The average Bonchev–Trinajstić information content (AvgIpc) is 3.26. The number of hydrogen-bond donors (Lipinski definition) is 2. The lowest BCUT2D eigenvalue weighted by Gasteiger charge is -2.11. The summed E-state index contributed by atoms with van der Waals surface area (Å²) in [5, 5.41) is 9.34. The summed E-state index contributed by atoms with van der Waals surface area (Å²) in [5.74, 6) is -1.09. The molecule has 2 aromatic heterocycles. The summed E-state index contributed by atoms with van der Waals surface area (Å²) in [6.45, 7) is 4.57. The summed E-state index contributed by atoms with van der Waals surface area (Å²) in [5.41, 5.74) is 6.86. The lowest BCUT2D eigenvalue weighted by atomic mass is 10.1. The fraction of sp³-hybridized carbons (Fsp3) is 0.208. The first-order valence-electron chi connectivity index (χ1n) is 10.7. The first-order valence-corrected chi connectivity index (χ1v) is 10.7. The molecule has 0 aliphatic rings. The van der Waals surface area contributed by atoms with Crippen molar-refractivity contribution in [3.05, 3.63) is 93.7 Å². The van der Waals surface area contributed by atoms with Gasteiger partial charge in [0.2, 0.25) is 0 Å². The lowest BCUT2D eigenvalue weighted by molar-refractivity contribution is 0.0843. The van der Waals surface area contributed by atoms with Crippen molar-refractivity contribution in [1.29, 1.82) is 0 Å². The molecule has 9 nitrogen and oxygen atoms in total. The molecule has 0 aliphatic heterocycles. The number of benzene rings is 2. The van der Waals surface area contributed by atoms with Crippen molar-refractivity contribution in [2.45, 2.75) is 33.4 Å². The number of carbonyl (C=O) groups excluding carboxylic acids is 2. The zero-order valence-corrected chi connectivity index (χ0v) is 18.4. The standard InChI is InChI=1S/C24H24N6O3/c1-3-20-19(14-25-30(20)15-16-10-6-5-7-11-16)22(31)26-27-23(32)21-17-12-8-9-13-18(17)24(33)29(4-2)28-21/h5-14H,3-4,15H2,1-2H3,(H,26,31)(H,27,32). The molecule has 168 valence electrons. The molecule has 2 amide bonds. The van der Waals surface area contributed by atoms with E-state index >= 15 is 0 Å². The molecule has 9 heteroatoms. The molecule has 0 spiro atoms. The molecule has 0 fully saturated rings. The van der Waals surface area contributed by atoms with E-state index in [1.165, 1.54) is 10.9 Å². The van der Waals surface area contributed by atoms with Gasteiger partial charge in [-0.1, -0.05) is 55.5 Å². The van der Waals surface area contributed by atoms with Gasteiger partial charge in [0.15, 0.2) is 5.69 Å². The Balaban J connectivity index is 1.54. The van der Waals surface area contributed by atoms with Crippen molar-refractivity contribution in [3.8, 4) is 0 Å². The zero-order valence-electron chi connectivity index (χ0n) is 18.4. The van der Waals surface area contributed by atoms with Crippen LogP contribution in [0.3, 0.4) is 0 Å². The quantitative estimate of drug-likeness (QED) is 0.444. The Morgan fingerprint density at radius 3 is 2.24 bits per heavy atom. The number of amides is 2. The highest BCUT2D eigenvalue weighted by atomic mass is 16.2. The van der Waals surface area contributed by atoms with Crippen LogP contribution in [0.4, 0.5) is 0 Å². The highest BCUT2D eigenvalue weighted by Crippen LogP contribution is 2.14. The molecule has 0 unspecified atom stereocenters. The van der Waals surface area contributed by atoms with Gasteiger partial charge in [0.1, 0.15) is 0 Å². The number of aryl methyl sites for hydroxylation is 1. The Morgan fingerprint density at radius 1 is 0.879 bits per heavy atom. The van der Waals surface area contributed by atoms with E-state index in [4.69, 9.17) is 0 Å². The van der Waals surface area contributed by atoms with E-state index in [9.17, 15) is 14.4 Å². The van der Waals surface area contributed by atoms with Crippen LogP contribution in [0.5, 0.6) is 0 Å². The predicted octanol–water partition coefficient (Wildman–Crippen LogP) is 2.30. The third-order valence-electron chi connectivity index (χ3n) is 5.38. The van der Waals surface area contributed by atoms with Crippen molar-refractivity contribution >= 4 is 22.6 Å². The van der Waals surface area contributed by atoms with Gasteiger partial charge in [0, 0.05) is 11.9 Å². The van der Waals surface area contributed by atoms with Crippen molar-refractivity contribution in [2.75, 3.05) is 0 Å². The maximum absolute atomic E-state index is 12.9. The molecular weight excluding hydrogens is 420 g/mol. The minimum absolute atomic E-state index is 0.0582. The number of carbonyl (C=O) groups is 2. The number of fused-ring (bicyclic) bond motifs is 1. The van der Waals surface area contributed by atoms with Crippen LogP contribution in [0.1, 0.15) is 46.0 Å². The Bertz CT molecular complexity index is 1370. The van der Waals surface area contributed by atoms with Crippen LogP contribution in [0.15, 0.2) is 65.6 Å². The number of aromatic nitrogens is 4. The Hall–Kier alpha value is -4.27. The summed E-state index contributed by atoms with van der Waals surface area (Å²) >= 11 is 0. The van der Waals surface area contributed by atoms with Crippen molar-refractivity contribution in [1.82, 2.24) is 30.4 Å². The van der Waals surface area contributed by atoms with Gasteiger partial charge >= 0.3 is 0 Å². The summed E-state index contributed by atoms with van der Waals surface area (Å²) < 4.78 is 3.00. The predicted molar refractivity (Wildman–Crippen MR) is 124 cm³/mol. The number of hydrogen-bond acceptors (Lipinski definition) is 5. The summed E-state index contributed by atoms with van der Waals surface area (Å²) in [7, 11) is 0. The number of rotatable bonds is 6. The van der Waals surface area contributed by atoms with Gasteiger partial charge in [0.25, 0.3) is 17.4 Å². The Morgan fingerprint density at radius 2 is 1.55 bits per heavy atom. The summed E-state index contributed by atoms with van der Waals surface area (Å²) in [6, 6.07) is 16.6. The Labute approximate surface area is 190 Å². The molecule has 2 N–H and O–H groups in total. The third kappa shape index (κ3) is 4.38. The molecule has 4 rings (SSSR count). The smallest absolute Gasteiger partial charge is 0.267 e. The maximum atomic E-state index is 12.9. The van der Waals surface area contributed by atoms with Crippen molar-refractivity contribution < 1.29 is 9.59 Å². The van der Waals surface area contributed by atoms with Gasteiger partial charge in [0.05, 0.1) is 29.4 Å². The maximum Gasteiger partial charge on any atom is 0.290 e. The fourth-order valence-electron chi connectivity index (χ4n) is 3.72. The van der Waals surface area contributed by atoms with E-state index in [-0.39, 0.29) is 11.3 Å². The van der Waals surface area contributed by atoms with Crippen LogP contribution < -0.4 is 16.4 Å². The fourth-order valence-corrected chi connectivity index (χ4v) is 3.72. The molecular formula is C24H24N6O3. The van der Waals surface area contributed by atoms with Gasteiger partial charge in [-0.2, -0.15) is 10.2 Å². The monoisotopic (exact) mass is 444 g/mol. The van der Waals surface area contributed by atoms with Crippen LogP contribution in [0.2, 0.25) is 0 Å². The average molecular weight is 444 g/mol. The van der Waals surface area contributed by atoms with Gasteiger partial charge in [-0.15, -0.1) is 0 Å². The van der Waals surface area contributed by atoms with Gasteiger partial charge in [-0.05, 0) is 25.0 Å². The Kier molecular flexibility index (Phi) is 6.30. The molecule has 4 aromatic rings.